The Labute approximate surface area is 117 Å². The Morgan fingerprint density at radius 1 is 1.29 bits per heavy atom. The standard InChI is InChI=1S/C14H11F3N2O2/c15-14(16,17)9-3-4-12(10(7-9)13(20)21)19-6-5-11(18-19)8-1-2-8/h3-8H,1-2H2,(H,20,21). The molecule has 0 atom stereocenters. The Hall–Kier alpha value is -2.31. The van der Waals surface area contributed by atoms with Crippen LogP contribution >= 0.6 is 0 Å². The van der Waals surface area contributed by atoms with Gasteiger partial charge in [0.25, 0.3) is 0 Å². The zero-order chi connectivity index (χ0) is 15.2. The highest BCUT2D eigenvalue weighted by atomic mass is 19.4. The molecule has 0 amide bonds. The fourth-order valence-electron chi connectivity index (χ4n) is 2.15. The van der Waals surface area contributed by atoms with Gasteiger partial charge in [-0.05, 0) is 37.1 Å². The van der Waals surface area contributed by atoms with Gasteiger partial charge in [0, 0.05) is 12.1 Å². The van der Waals surface area contributed by atoms with Gasteiger partial charge in [0.1, 0.15) is 0 Å². The lowest BCUT2D eigenvalue weighted by molar-refractivity contribution is -0.137. The molecule has 1 heterocycles. The predicted octanol–water partition coefficient (Wildman–Crippen LogP) is 3.47. The molecule has 0 spiro atoms. The van der Waals surface area contributed by atoms with Crippen molar-refractivity contribution < 1.29 is 23.1 Å². The van der Waals surface area contributed by atoms with E-state index in [0.717, 1.165) is 30.7 Å². The number of alkyl halides is 3. The van der Waals surface area contributed by atoms with Crippen LogP contribution in [0.2, 0.25) is 0 Å². The molecule has 3 rings (SSSR count). The van der Waals surface area contributed by atoms with E-state index < -0.39 is 23.3 Å². The van der Waals surface area contributed by atoms with Crippen LogP contribution in [-0.2, 0) is 6.18 Å². The number of carboxylic acid groups (broad SMARTS) is 1. The van der Waals surface area contributed by atoms with Crippen molar-refractivity contribution in [2.75, 3.05) is 0 Å². The van der Waals surface area contributed by atoms with Crippen LogP contribution < -0.4 is 0 Å². The molecular weight excluding hydrogens is 285 g/mol. The summed E-state index contributed by atoms with van der Waals surface area (Å²) < 4.78 is 39.3. The summed E-state index contributed by atoms with van der Waals surface area (Å²) in [6, 6.07) is 4.40. The van der Waals surface area contributed by atoms with Crippen molar-refractivity contribution in [1.29, 1.82) is 0 Å². The maximum atomic E-state index is 12.7. The maximum Gasteiger partial charge on any atom is 0.416 e. The first kappa shape index (κ1) is 13.7. The number of rotatable bonds is 3. The molecule has 0 aliphatic heterocycles. The van der Waals surface area contributed by atoms with Gasteiger partial charge in [-0.3, -0.25) is 0 Å². The van der Waals surface area contributed by atoms with E-state index in [1.165, 1.54) is 4.68 Å². The summed E-state index contributed by atoms with van der Waals surface area (Å²) in [6.45, 7) is 0. The highest BCUT2D eigenvalue weighted by Gasteiger charge is 2.32. The topological polar surface area (TPSA) is 55.1 Å². The van der Waals surface area contributed by atoms with Crippen LogP contribution in [-0.4, -0.2) is 20.9 Å². The van der Waals surface area contributed by atoms with Gasteiger partial charge in [0.15, 0.2) is 0 Å². The average molecular weight is 296 g/mol. The third-order valence-electron chi connectivity index (χ3n) is 3.41. The summed E-state index contributed by atoms with van der Waals surface area (Å²) in [5.41, 5.74) is -0.442. The smallest absolute Gasteiger partial charge is 0.416 e. The first-order valence-corrected chi connectivity index (χ1v) is 6.37. The monoisotopic (exact) mass is 296 g/mol. The molecule has 0 radical (unpaired) electrons. The van der Waals surface area contributed by atoms with Gasteiger partial charge in [-0.25, -0.2) is 9.48 Å². The van der Waals surface area contributed by atoms with Gasteiger partial charge in [-0.1, -0.05) is 0 Å². The van der Waals surface area contributed by atoms with Gasteiger partial charge < -0.3 is 5.11 Å². The molecule has 2 aromatic rings. The van der Waals surface area contributed by atoms with Crippen LogP contribution in [0.15, 0.2) is 30.5 Å². The number of benzene rings is 1. The number of nitrogens with zero attached hydrogens (tertiary/aromatic N) is 2. The van der Waals surface area contributed by atoms with Crippen LogP contribution in [0.25, 0.3) is 5.69 Å². The van der Waals surface area contributed by atoms with Crippen LogP contribution in [0.1, 0.15) is 40.4 Å². The summed E-state index contributed by atoms with van der Waals surface area (Å²) in [4.78, 5) is 11.2. The Bertz CT molecular complexity index is 702. The van der Waals surface area contributed by atoms with E-state index in [-0.39, 0.29) is 5.69 Å². The highest BCUT2D eigenvalue weighted by molar-refractivity contribution is 5.92. The minimum atomic E-state index is -4.58. The van der Waals surface area contributed by atoms with E-state index in [9.17, 15) is 18.0 Å². The number of hydrogen-bond acceptors (Lipinski definition) is 2. The predicted molar refractivity (Wildman–Crippen MR) is 67.5 cm³/mol. The number of aromatic nitrogens is 2. The molecule has 21 heavy (non-hydrogen) atoms. The Kier molecular flexibility index (Phi) is 3.00. The van der Waals surface area contributed by atoms with Gasteiger partial charge in [0.2, 0.25) is 0 Å². The number of aromatic carboxylic acids is 1. The van der Waals surface area contributed by atoms with Crippen molar-refractivity contribution >= 4 is 5.97 Å². The van der Waals surface area contributed by atoms with E-state index in [0.29, 0.717) is 12.0 Å². The molecule has 1 saturated carbocycles. The number of carboxylic acids is 1. The van der Waals surface area contributed by atoms with E-state index in [1.807, 2.05) is 0 Å². The number of carbonyl (C=O) groups is 1. The van der Waals surface area contributed by atoms with E-state index in [2.05, 4.69) is 5.10 Å². The molecule has 1 aromatic carbocycles. The summed E-state index contributed by atoms with van der Waals surface area (Å²) >= 11 is 0. The molecule has 0 bridgehead atoms. The van der Waals surface area contributed by atoms with Crippen molar-refractivity contribution in [3.8, 4) is 5.69 Å². The summed E-state index contributed by atoms with van der Waals surface area (Å²) in [5.74, 6) is -1.03. The molecule has 1 aromatic heterocycles. The molecule has 1 fully saturated rings. The summed E-state index contributed by atoms with van der Waals surface area (Å²) in [5, 5.41) is 13.4. The molecule has 0 unspecified atom stereocenters. The summed E-state index contributed by atoms with van der Waals surface area (Å²) in [7, 11) is 0. The lowest BCUT2D eigenvalue weighted by Crippen LogP contribution is -2.11. The third kappa shape index (κ3) is 2.63. The number of hydrogen-bond donors (Lipinski definition) is 1. The van der Waals surface area contributed by atoms with Crippen molar-refractivity contribution in [1.82, 2.24) is 9.78 Å². The van der Waals surface area contributed by atoms with E-state index >= 15 is 0 Å². The second-order valence-corrected chi connectivity index (χ2v) is 4.99. The lowest BCUT2D eigenvalue weighted by atomic mass is 10.1. The SMILES string of the molecule is O=C(O)c1cc(C(F)(F)F)ccc1-n1ccc(C2CC2)n1. The van der Waals surface area contributed by atoms with Crippen molar-refractivity contribution in [2.45, 2.75) is 24.9 Å². The van der Waals surface area contributed by atoms with Gasteiger partial charge in [0.05, 0.1) is 22.5 Å². The minimum absolute atomic E-state index is 0.127. The zero-order valence-corrected chi connectivity index (χ0v) is 10.8. The Morgan fingerprint density at radius 3 is 2.57 bits per heavy atom. The normalized spacial score (nSPS) is 15.2. The molecule has 0 saturated heterocycles. The van der Waals surface area contributed by atoms with Crippen LogP contribution in [0.3, 0.4) is 0 Å². The van der Waals surface area contributed by atoms with Crippen LogP contribution in [0, 0.1) is 0 Å². The van der Waals surface area contributed by atoms with E-state index in [1.54, 1.807) is 12.3 Å². The molecule has 1 aliphatic rings. The van der Waals surface area contributed by atoms with Gasteiger partial charge in [-0.2, -0.15) is 18.3 Å². The largest absolute Gasteiger partial charge is 0.478 e. The van der Waals surface area contributed by atoms with Crippen molar-refractivity contribution in [2.24, 2.45) is 0 Å². The zero-order valence-electron chi connectivity index (χ0n) is 10.8. The Morgan fingerprint density at radius 2 is 2.00 bits per heavy atom. The second kappa shape index (κ2) is 4.61. The first-order chi connectivity index (χ1) is 9.86. The van der Waals surface area contributed by atoms with Crippen LogP contribution in [0.4, 0.5) is 13.2 Å². The average Bonchev–Trinajstić information content (AvgIpc) is 3.15. The maximum absolute atomic E-state index is 12.7. The van der Waals surface area contributed by atoms with Crippen molar-refractivity contribution in [3.63, 3.8) is 0 Å². The molecule has 4 nitrogen and oxygen atoms in total. The number of halogens is 3. The fraction of sp³-hybridized carbons (Fsp3) is 0.286. The molecular formula is C14H11F3N2O2. The first-order valence-electron chi connectivity index (χ1n) is 6.37. The summed E-state index contributed by atoms with van der Waals surface area (Å²) in [6.07, 6.45) is -0.930. The van der Waals surface area contributed by atoms with Crippen molar-refractivity contribution in [3.05, 3.63) is 47.3 Å². The molecule has 110 valence electrons. The molecule has 1 N–H and O–H groups in total. The lowest BCUT2D eigenvalue weighted by Gasteiger charge is -2.11. The Balaban J connectivity index is 2.06. The second-order valence-electron chi connectivity index (χ2n) is 4.99. The molecule has 7 heteroatoms. The minimum Gasteiger partial charge on any atom is -0.478 e. The van der Waals surface area contributed by atoms with Gasteiger partial charge in [-0.15, -0.1) is 0 Å². The molecule has 1 aliphatic carbocycles. The third-order valence-corrected chi connectivity index (χ3v) is 3.41. The highest BCUT2D eigenvalue weighted by Crippen LogP contribution is 2.39. The van der Waals surface area contributed by atoms with Crippen LogP contribution in [0.5, 0.6) is 0 Å². The van der Waals surface area contributed by atoms with Gasteiger partial charge >= 0.3 is 12.1 Å². The quantitative estimate of drug-likeness (QED) is 0.943. The van der Waals surface area contributed by atoms with E-state index in [4.69, 9.17) is 5.11 Å². The fourth-order valence-corrected chi connectivity index (χ4v) is 2.15.